The predicted octanol–water partition coefficient (Wildman–Crippen LogP) is 8.71. The van der Waals surface area contributed by atoms with Gasteiger partial charge in [-0.05, 0) is 43.5 Å². The number of carbonyl (C=O) groups excluding carboxylic acids is 1. The van der Waals surface area contributed by atoms with Crippen LogP contribution in [0.5, 0.6) is 11.6 Å². The van der Waals surface area contributed by atoms with Gasteiger partial charge in [-0.3, -0.25) is 19.6 Å². The van der Waals surface area contributed by atoms with Crippen molar-refractivity contribution < 1.29 is 32.6 Å². The number of rotatable bonds is 13. The molecule has 0 spiro atoms. The summed E-state index contributed by atoms with van der Waals surface area (Å²) in [4.78, 5) is 32.2. The average molecular weight is 844 g/mol. The summed E-state index contributed by atoms with van der Waals surface area (Å²) < 4.78 is 44.1. The third-order valence-electron chi connectivity index (χ3n) is 11.1. The third-order valence-corrected chi connectivity index (χ3v) is 16.4. The number of ether oxygens (including phenoxy) is 2. The van der Waals surface area contributed by atoms with E-state index in [2.05, 4.69) is 58.9 Å². The number of benzene rings is 2. The van der Waals surface area contributed by atoms with Gasteiger partial charge in [0.25, 0.3) is 5.91 Å². The monoisotopic (exact) mass is 842 g/mol. The minimum atomic E-state index is -3.07. The van der Waals surface area contributed by atoms with Crippen LogP contribution in [0.2, 0.25) is 28.2 Å². The zero-order chi connectivity index (χ0) is 41.1. The van der Waals surface area contributed by atoms with Crippen LogP contribution >= 0.6 is 23.2 Å². The van der Waals surface area contributed by atoms with E-state index in [0.717, 1.165) is 13.1 Å². The van der Waals surface area contributed by atoms with Crippen molar-refractivity contribution in [3.8, 4) is 34.0 Å². The summed E-state index contributed by atoms with van der Waals surface area (Å²) in [5, 5.41) is 13.3. The van der Waals surface area contributed by atoms with Crippen molar-refractivity contribution in [2.75, 3.05) is 45.2 Å². The highest BCUT2D eigenvalue weighted by atomic mass is 35.5. The Labute approximate surface area is 343 Å². The Morgan fingerprint density at radius 1 is 1.02 bits per heavy atom. The Hall–Kier alpha value is -3.76. The SMILES string of the molecule is COc1nc(-c2cccc(-c3cccc(NC(=O)c4cc(OC(F)F)c5c(n4)CN(CCO[Si](C)(C)C(C)(C)C)CC5)c3Cl)c2Cl)cnc1CN1CCC(O)CC1. The van der Waals surface area contributed by atoms with Gasteiger partial charge < -0.3 is 24.3 Å². The van der Waals surface area contributed by atoms with E-state index in [1.165, 1.54) is 6.07 Å². The van der Waals surface area contributed by atoms with E-state index >= 15 is 0 Å². The Morgan fingerprint density at radius 2 is 1.70 bits per heavy atom. The van der Waals surface area contributed by atoms with Gasteiger partial charge in [-0.15, -0.1) is 0 Å². The predicted molar refractivity (Wildman–Crippen MR) is 221 cm³/mol. The van der Waals surface area contributed by atoms with E-state index in [-0.39, 0.29) is 33.3 Å². The van der Waals surface area contributed by atoms with Crippen LogP contribution in [0.15, 0.2) is 48.7 Å². The van der Waals surface area contributed by atoms with Gasteiger partial charge >= 0.3 is 6.61 Å². The molecule has 2 N–H and O–H groups in total. The van der Waals surface area contributed by atoms with Crippen LogP contribution in [0.1, 0.15) is 61.1 Å². The van der Waals surface area contributed by atoms with Crippen molar-refractivity contribution >= 4 is 43.1 Å². The molecule has 2 aromatic carbocycles. The van der Waals surface area contributed by atoms with E-state index in [9.17, 15) is 18.7 Å². The van der Waals surface area contributed by atoms with Gasteiger partial charge in [0.15, 0.2) is 8.32 Å². The number of anilines is 1. The number of piperidine rings is 1. The summed E-state index contributed by atoms with van der Waals surface area (Å²) in [7, 11) is -0.404. The number of nitrogens with zero attached hydrogens (tertiary/aromatic N) is 5. The fraction of sp³-hybridized carbons (Fsp3) is 0.463. The smallest absolute Gasteiger partial charge is 0.387 e. The standard InChI is InChI=1S/C41H50Cl2F2N6O5Si/c1-41(2,3)57(5,6)55-20-19-51-18-15-28-33(23-51)47-31(21-35(28)56-40(44)45)38(53)48-30-12-8-10-27(37(30)43)26-9-7-11-29(36(26)42)32-22-46-34(39(49-32)54-4)24-50-16-13-25(52)14-17-50/h7-12,21-22,25,40,52H,13-20,23-24H2,1-6H3,(H,48,53). The molecule has 0 bridgehead atoms. The maximum absolute atomic E-state index is 13.8. The highest BCUT2D eigenvalue weighted by Crippen LogP contribution is 2.42. The maximum atomic E-state index is 13.8. The first-order valence-electron chi connectivity index (χ1n) is 19.1. The summed E-state index contributed by atoms with van der Waals surface area (Å²) in [5.74, 6) is -0.332. The molecule has 4 heterocycles. The first-order chi connectivity index (χ1) is 27.0. The number of aliphatic hydroxyl groups excluding tert-OH is 1. The first-order valence-corrected chi connectivity index (χ1v) is 22.7. The van der Waals surface area contributed by atoms with Crippen molar-refractivity contribution in [2.45, 2.75) is 84.0 Å². The lowest BCUT2D eigenvalue weighted by Gasteiger charge is -2.37. The summed E-state index contributed by atoms with van der Waals surface area (Å²) in [6.45, 7) is 12.1. The fourth-order valence-corrected chi connectivity index (χ4v) is 8.40. The minimum absolute atomic E-state index is 0.0696. The van der Waals surface area contributed by atoms with Crippen molar-refractivity contribution in [1.29, 1.82) is 0 Å². The number of pyridine rings is 1. The number of amides is 1. The number of aromatic nitrogens is 3. The summed E-state index contributed by atoms with van der Waals surface area (Å²) >= 11 is 14.0. The molecule has 11 nitrogen and oxygen atoms in total. The molecule has 2 aromatic heterocycles. The topological polar surface area (TPSA) is 122 Å². The van der Waals surface area contributed by atoms with Crippen LogP contribution < -0.4 is 14.8 Å². The van der Waals surface area contributed by atoms with Gasteiger partial charge in [-0.2, -0.15) is 8.78 Å². The molecule has 0 atom stereocenters. The average Bonchev–Trinajstić information content (AvgIpc) is 3.16. The van der Waals surface area contributed by atoms with Crippen molar-refractivity contribution in [3.63, 3.8) is 0 Å². The molecule has 2 aliphatic heterocycles. The van der Waals surface area contributed by atoms with Gasteiger partial charge in [0.1, 0.15) is 17.1 Å². The molecule has 1 fully saturated rings. The largest absolute Gasteiger partial charge is 0.480 e. The van der Waals surface area contributed by atoms with Gasteiger partial charge in [0.2, 0.25) is 5.88 Å². The second-order valence-corrected chi connectivity index (χ2v) is 21.5. The Balaban J connectivity index is 1.21. The molecule has 0 saturated carbocycles. The second-order valence-electron chi connectivity index (χ2n) is 16.0. The van der Waals surface area contributed by atoms with Gasteiger partial charge in [-0.25, -0.2) is 9.97 Å². The minimum Gasteiger partial charge on any atom is -0.480 e. The van der Waals surface area contributed by atoms with Crippen LogP contribution in [-0.2, 0) is 23.9 Å². The van der Waals surface area contributed by atoms with Crippen molar-refractivity contribution in [3.05, 3.63) is 81.4 Å². The van der Waals surface area contributed by atoms with E-state index < -0.39 is 20.8 Å². The zero-order valence-electron chi connectivity index (χ0n) is 33.2. The van der Waals surface area contributed by atoms with Gasteiger partial charge in [0, 0.05) is 74.2 Å². The lowest BCUT2D eigenvalue weighted by molar-refractivity contribution is -0.0508. The molecule has 16 heteroatoms. The number of carbonyl (C=O) groups is 1. The molecule has 57 heavy (non-hydrogen) atoms. The number of hydrogen-bond donors (Lipinski definition) is 2. The molecular weight excluding hydrogens is 793 g/mol. The lowest BCUT2D eigenvalue weighted by Crippen LogP contribution is -2.43. The van der Waals surface area contributed by atoms with E-state index in [1.54, 1.807) is 31.5 Å². The molecule has 6 rings (SSSR count). The van der Waals surface area contributed by atoms with Crippen LogP contribution in [-0.4, -0.2) is 96.7 Å². The first kappa shape index (κ1) is 42.8. The van der Waals surface area contributed by atoms with Crippen molar-refractivity contribution in [1.82, 2.24) is 24.8 Å². The molecule has 1 saturated heterocycles. The molecular formula is C41H50Cl2F2N6O5Si. The second kappa shape index (κ2) is 18.0. The van der Waals surface area contributed by atoms with Crippen LogP contribution in [0.3, 0.4) is 0 Å². The lowest BCUT2D eigenvalue weighted by atomic mass is 10.0. The Bertz CT molecular complexity index is 2080. The molecule has 2 aliphatic rings. The number of fused-ring (bicyclic) bond motifs is 1. The number of nitrogens with one attached hydrogen (secondary N) is 1. The number of halogens is 4. The van der Waals surface area contributed by atoms with Gasteiger partial charge in [-0.1, -0.05) is 74.3 Å². The highest BCUT2D eigenvalue weighted by molar-refractivity contribution is 6.74. The zero-order valence-corrected chi connectivity index (χ0v) is 35.7. The number of hydrogen-bond acceptors (Lipinski definition) is 10. The number of aliphatic hydroxyl groups is 1. The number of methoxy groups -OCH3 is 1. The Kier molecular flexibility index (Phi) is 13.5. The summed E-state index contributed by atoms with van der Waals surface area (Å²) in [6.07, 6.45) is 3.23. The third kappa shape index (κ3) is 10.1. The van der Waals surface area contributed by atoms with Gasteiger partial charge in [0.05, 0.1) is 46.5 Å². The summed E-state index contributed by atoms with van der Waals surface area (Å²) in [5.41, 5.74) is 4.16. The van der Waals surface area contributed by atoms with E-state index in [0.29, 0.717) is 102 Å². The number of alkyl halides is 2. The molecule has 4 aromatic rings. The fourth-order valence-electron chi connectivity index (χ4n) is 6.76. The molecule has 306 valence electrons. The van der Waals surface area contributed by atoms with E-state index in [4.69, 9.17) is 42.1 Å². The van der Waals surface area contributed by atoms with Crippen LogP contribution in [0, 0.1) is 0 Å². The van der Waals surface area contributed by atoms with Crippen molar-refractivity contribution in [2.24, 2.45) is 0 Å². The van der Waals surface area contributed by atoms with E-state index in [1.807, 2.05) is 18.2 Å². The molecule has 0 aliphatic carbocycles. The number of likely N-dealkylation sites (tertiary alicyclic amines) is 1. The normalized spacial score (nSPS) is 15.8. The molecule has 0 unspecified atom stereocenters. The van der Waals surface area contributed by atoms with Crippen LogP contribution in [0.25, 0.3) is 22.4 Å². The summed E-state index contributed by atoms with van der Waals surface area (Å²) in [6, 6.07) is 11.9. The quantitative estimate of drug-likeness (QED) is 0.127. The maximum Gasteiger partial charge on any atom is 0.387 e. The molecule has 0 radical (unpaired) electrons. The van der Waals surface area contributed by atoms with Crippen LogP contribution in [0.4, 0.5) is 14.5 Å². The molecule has 1 amide bonds. The highest BCUT2D eigenvalue weighted by Gasteiger charge is 2.37. The Morgan fingerprint density at radius 3 is 2.39 bits per heavy atom.